The minimum absolute atomic E-state index is 0.00428. The topological polar surface area (TPSA) is 26.3 Å². The Bertz CT molecular complexity index is 312. The van der Waals surface area contributed by atoms with Crippen LogP contribution in [0.3, 0.4) is 0 Å². The predicted octanol–water partition coefficient (Wildman–Crippen LogP) is 4.18. The average Bonchev–Trinajstić information content (AvgIpc) is 2.99. The molecule has 5 unspecified atom stereocenters. The maximum Gasteiger partial charge on any atom is 0.309 e. The van der Waals surface area contributed by atoms with Crippen LogP contribution in [0, 0.1) is 23.7 Å². The number of fused-ring (bicyclic) bond motifs is 2. The molecule has 2 aliphatic rings. The number of carbonyl (C=O) groups is 1. The number of carbonyl (C=O) groups excluding carboxylic acids is 1. The first-order chi connectivity index (χ1) is 8.50. The lowest BCUT2D eigenvalue weighted by molar-refractivity contribution is -0.171. The molecule has 0 aliphatic heterocycles. The van der Waals surface area contributed by atoms with E-state index < -0.39 is 0 Å². The molecule has 2 nitrogen and oxygen atoms in total. The predicted molar refractivity (Wildman–Crippen MR) is 73.2 cm³/mol. The van der Waals surface area contributed by atoms with Gasteiger partial charge in [-0.05, 0) is 50.9 Å². The number of esters is 1. The van der Waals surface area contributed by atoms with Crippen LogP contribution in [0.2, 0.25) is 0 Å². The van der Waals surface area contributed by atoms with E-state index in [0.29, 0.717) is 5.92 Å². The molecular formula is C16H28O2. The Balaban J connectivity index is 2.04. The Morgan fingerprint density at radius 1 is 1.33 bits per heavy atom. The first-order valence-corrected chi connectivity index (χ1v) is 7.73. The quantitative estimate of drug-likeness (QED) is 0.686. The van der Waals surface area contributed by atoms with Crippen molar-refractivity contribution in [1.82, 2.24) is 0 Å². The summed E-state index contributed by atoms with van der Waals surface area (Å²) in [5.74, 6) is 2.37. The number of rotatable bonds is 5. The van der Waals surface area contributed by atoms with Gasteiger partial charge in [-0.3, -0.25) is 4.79 Å². The van der Waals surface area contributed by atoms with Crippen molar-refractivity contribution >= 4 is 5.97 Å². The molecule has 2 rings (SSSR count). The lowest BCUT2D eigenvalue weighted by atomic mass is 9.75. The Kier molecular flexibility index (Phi) is 4.03. The van der Waals surface area contributed by atoms with Gasteiger partial charge >= 0.3 is 5.97 Å². The fraction of sp³-hybridized carbons (Fsp3) is 0.938. The van der Waals surface area contributed by atoms with Gasteiger partial charge in [-0.15, -0.1) is 0 Å². The van der Waals surface area contributed by atoms with Crippen LogP contribution < -0.4 is 0 Å². The average molecular weight is 252 g/mol. The first-order valence-electron chi connectivity index (χ1n) is 7.73. The van der Waals surface area contributed by atoms with E-state index in [4.69, 9.17) is 4.74 Å². The van der Waals surface area contributed by atoms with Crippen molar-refractivity contribution in [3.8, 4) is 0 Å². The molecule has 2 fully saturated rings. The molecule has 5 atom stereocenters. The van der Waals surface area contributed by atoms with Crippen LogP contribution in [0.15, 0.2) is 0 Å². The molecule has 0 amide bonds. The van der Waals surface area contributed by atoms with Crippen LogP contribution in [-0.2, 0) is 9.53 Å². The maximum atomic E-state index is 12.1. The van der Waals surface area contributed by atoms with E-state index in [9.17, 15) is 4.79 Å². The van der Waals surface area contributed by atoms with Gasteiger partial charge < -0.3 is 4.74 Å². The summed E-state index contributed by atoms with van der Waals surface area (Å²) < 4.78 is 5.94. The van der Waals surface area contributed by atoms with Crippen LogP contribution in [-0.4, -0.2) is 11.6 Å². The fourth-order valence-electron chi connectivity index (χ4n) is 3.90. The van der Waals surface area contributed by atoms with Crippen molar-refractivity contribution in [2.45, 2.75) is 71.8 Å². The van der Waals surface area contributed by atoms with Crippen molar-refractivity contribution in [1.29, 1.82) is 0 Å². The molecule has 0 saturated heterocycles. The summed E-state index contributed by atoms with van der Waals surface area (Å²) in [6.45, 7) is 8.35. The molecule has 2 aliphatic carbocycles. The van der Waals surface area contributed by atoms with E-state index in [2.05, 4.69) is 13.8 Å². The molecule has 0 heterocycles. The molecule has 0 spiro atoms. The highest BCUT2D eigenvalue weighted by molar-refractivity contribution is 5.72. The molecule has 0 aromatic rings. The van der Waals surface area contributed by atoms with Gasteiger partial charge in [-0.25, -0.2) is 0 Å². The summed E-state index contributed by atoms with van der Waals surface area (Å²) in [7, 11) is 0. The summed E-state index contributed by atoms with van der Waals surface area (Å²) in [5, 5.41) is 0. The highest BCUT2D eigenvalue weighted by Crippen LogP contribution is 2.53. The maximum absolute atomic E-state index is 12.1. The number of hydrogen-bond donors (Lipinski definition) is 0. The smallest absolute Gasteiger partial charge is 0.309 e. The van der Waals surface area contributed by atoms with Crippen LogP contribution >= 0.6 is 0 Å². The number of hydrogen-bond acceptors (Lipinski definition) is 2. The molecule has 0 radical (unpaired) electrons. The third kappa shape index (κ3) is 2.44. The molecule has 0 aromatic carbocycles. The van der Waals surface area contributed by atoms with Gasteiger partial charge in [0.25, 0.3) is 0 Å². The Labute approximate surface area is 111 Å². The molecule has 2 saturated carbocycles. The third-order valence-corrected chi connectivity index (χ3v) is 5.57. The second-order valence-electron chi connectivity index (χ2n) is 6.68. The van der Waals surface area contributed by atoms with Gasteiger partial charge in [-0.2, -0.15) is 0 Å². The van der Waals surface area contributed by atoms with Gasteiger partial charge in [0.1, 0.15) is 5.60 Å². The van der Waals surface area contributed by atoms with E-state index in [1.54, 1.807) is 0 Å². The van der Waals surface area contributed by atoms with Gasteiger partial charge in [0.05, 0.1) is 5.92 Å². The lowest BCUT2D eigenvalue weighted by Gasteiger charge is -2.39. The van der Waals surface area contributed by atoms with Gasteiger partial charge in [0.15, 0.2) is 0 Å². The standard InChI is InChI=1S/C16H28O2/c1-5-11(3)15(17)18-16(4,6-2)14-10-12-7-8-13(14)9-12/h11-14H,5-10H2,1-4H3. The van der Waals surface area contributed by atoms with Crippen molar-refractivity contribution in [2.24, 2.45) is 23.7 Å². The summed E-state index contributed by atoms with van der Waals surface area (Å²) >= 11 is 0. The zero-order chi connectivity index (χ0) is 13.3. The van der Waals surface area contributed by atoms with E-state index >= 15 is 0 Å². The van der Waals surface area contributed by atoms with E-state index in [0.717, 1.165) is 24.7 Å². The summed E-state index contributed by atoms with van der Waals surface area (Å²) in [6, 6.07) is 0. The SMILES string of the molecule is CCC(C)C(=O)OC(C)(CC)C1CC2CCC1C2. The summed E-state index contributed by atoms with van der Waals surface area (Å²) in [5.41, 5.74) is -0.222. The fourth-order valence-corrected chi connectivity index (χ4v) is 3.90. The zero-order valence-electron chi connectivity index (χ0n) is 12.4. The molecule has 2 bridgehead atoms. The van der Waals surface area contributed by atoms with Crippen LogP contribution in [0.1, 0.15) is 66.2 Å². The van der Waals surface area contributed by atoms with Crippen molar-refractivity contribution in [3.63, 3.8) is 0 Å². The highest BCUT2D eigenvalue weighted by atomic mass is 16.6. The summed E-state index contributed by atoms with van der Waals surface area (Å²) in [4.78, 5) is 12.1. The van der Waals surface area contributed by atoms with Crippen molar-refractivity contribution < 1.29 is 9.53 Å². The lowest BCUT2D eigenvalue weighted by Crippen LogP contribution is -2.42. The molecule has 0 aromatic heterocycles. The zero-order valence-corrected chi connectivity index (χ0v) is 12.4. The van der Waals surface area contributed by atoms with Crippen LogP contribution in [0.4, 0.5) is 0 Å². The van der Waals surface area contributed by atoms with Crippen molar-refractivity contribution in [2.75, 3.05) is 0 Å². The minimum Gasteiger partial charge on any atom is -0.459 e. The highest BCUT2D eigenvalue weighted by Gasteiger charge is 2.49. The Hall–Kier alpha value is -0.530. The third-order valence-electron chi connectivity index (χ3n) is 5.57. The Morgan fingerprint density at radius 3 is 2.50 bits per heavy atom. The van der Waals surface area contributed by atoms with E-state index in [1.807, 2.05) is 13.8 Å². The monoisotopic (exact) mass is 252 g/mol. The Morgan fingerprint density at radius 2 is 2.06 bits per heavy atom. The largest absolute Gasteiger partial charge is 0.459 e. The minimum atomic E-state index is -0.222. The van der Waals surface area contributed by atoms with Gasteiger partial charge in [0, 0.05) is 5.92 Å². The van der Waals surface area contributed by atoms with Crippen molar-refractivity contribution in [3.05, 3.63) is 0 Å². The molecule has 0 N–H and O–H groups in total. The van der Waals surface area contributed by atoms with E-state index in [1.165, 1.54) is 25.7 Å². The molecule has 2 heteroatoms. The van der Waals surface area contributed by atoms with Gasteiger partial charge in [0.2, 0.25) is 0 Å². The summed E-state index contributed by atoms with van der Waals surface area (Å²) in [6.07, 6.45) is 7.23. The molecule has 104 valence electrons. The molecule has 18 heavy (non-hydrogen) atoms. The van der Waals surface area contributed by atoms with E-state index in [-0.39, 0.29) is 17.5 Å². The normalized spacial score (nSPS) is 35.2. The van der Waals surface area contributed by atoms with Crippen LogP contribution in [0.25, 0.3) is 0 Å². The first kappa shape index (κ1) is 13.9. The second-order valence-corrected chi connectivity index (χ2v) is 6.68. The second kappa shape index (κ2) is 5.22. The van der Waals surface area contributed by atoms with Gasteiger partial charge in [-0.1, -0.05) is 27.2 Å². The van der Waals surface area contributed by atoms with Crippen LogP contribution in [0.5, 0.6) is 0 Å². The number of ether oxygens (including phenoxy) is 1. The molecular weight excluding hydrogens is 224 g/mol.